The number of aliphatic hydroxyl groups is 2. The van der Waals surface area contributed by atoms with E-state index in [1.165, 1.54) is 32.0 Å². The van der Waals surface area contributed by atoms with Gasteiger partial charge in [0.1, 0.15) is 31.0 Å². The van der Waals surface area contributed by atoms with Crippen LogP contribution in [0.2, 0.25) is 0 Å². The van der Waals surface area contributed by atoms with Crippen molar-refractivity contribution in [2.45, 2.75) is 103 Å². The molecule has 2 heterocycles. The Bertz CT molecular complexity index is 1320. The van der Waals surface area contributed by atoms with Gasteiger partial charge in [0, 0.05) is 6.04 Å². The van der Waals surface area contributed by atoms with E-state index in [1.807, 2.05) is 27.7 Å². The third-order valence-electron chi connectivity index (χ3n) is 7.16. The molecule has 3 rings (SSSR count). The molecule has 3 unspecified atom stereocenters. The summed E-state index contributed by atoms with van der Waals surface area (Å²) in [5.74, 6) is -0.852. The molecule has 0 amide bonds. The van der Waals surface area contributed by atoms with Crippen LogP contribution in [-0.4, -0.2) is 98.9 Å². The largest absolute Gasteiger partial charge is 0.468 e. The van der Waals surface area contributed by atoms with Gasteiger partial charge < -0.3 is 40.0 Å². The Kier molecular flexibility index (Phi) is 13.7. The zero-order chi connectivity index (χ0) is 34.2. The lowest BCUT2D eigenvalue weighted by Gasteiger charge is -2.31. The van der Waals surface area contributed by atoms with E-state index in [-0.39, 0.29) is 43.4 Å². The van der Waals surface area contributed by atoms with E-state index < -0.39 is 56.6 Å². The highest BCUT2D eigenvalue weighted by Gasteiger charge is 2.38. The molecule has 7 N–H and O–H groups in total. The van der Waals surface area contributed by atoms with Gasteiger partial charge in [0.25, 0.3) is 0 Å². The predicted octanol–water partition coefficient (Wildman–Crippen LogP) is 1.55. The summed E-state index contributed by atoms with van der Waals surface area (Å²) in [5, 5.41) is 29.8. The highest BCUT2D eigenvalue weighted by molar-refractivity contribution is 7.54. The second-order valence-corrected chi connectivity index (χ2v) is 14.2. The Balaban J connectivity index is 1.87. The van der Waals surface area contributed by atoms with Crippen LogP contribution in [0.15, 0.2) is 6.33 Å². The van der Waals surface area contributed by atoms with Crippen molar-refractivity contribution in [2.24, 2.45) is 11.8 Å². The number of esters is 2. The number of nitrogens with zero attached hydrogens (tertiary/aromatic N) is 4. The Morgan fingerprint density at radius 3 is 2.07 bits per heavy atom. The fourth-order valence-electron chi connectivity index (χ4n) is 4.64. The average molecular weight is 673 g/mol. The van der Waals surface area contributed by atoms with Crippen LogP contribution >= 0.6 is 7.67 Å². The van der Waals surface area contributed by atoms with Gasteiger partial charge in [-0.2, -0.15) is 9.97 Å². The maximum atomic E-state index is 14.4. The van der Waals surface area contributed by atoms with Crippen molar-refractivity contribution in [3.8, 4) is 0 Å². The molecule has 2 aromatic rings. The van der Waals surface area contributed by atoms with Gasteiger partial charge in [0.15, 0.2) is 17.0 Å². The number of hydrogen-bond acceptors (Lipinski definition) is 14. The summed E-state index contributed by atoms with van der Waals surface area (Å²) in [6, 6.07) is -1.84. The molecule has 2 aromatic heterocycles. The molecule has 0 aliphatic heterocycles. The molecule has 18 heteroatoms. The Hall–Kier alpha value is -2.92. The van der Waals surface area contributed by atoms with Gasteiger partial charge in [0.2, 0.25) is 5.95 Å². The summed E-state index contributed by atoms with van der Waals surface area (Å²) >= 11 is 0. The molecule has 260 valence electrons. The number of methoxy groups -OCH3 is 2. The number of nitrogen functional groups attached to an aromatic ring is 1. The van der Waals surface area contributed by atoms with E-state index in [1.54, 1.807) is 0 Å². The standard InChI is InChI=1S/C28H49N8O9P/c1-15(2)10-19(26(39)42-6)34-46(41,35-20(11-16(3)4)27(40)43-7)45-12-21(23(38)17(5)37)44-14-36-13-30-22-24(31-18-8-9-18)32-28(29)33-25(22)36/h13,15-21,23,37-38H,8-12,14H2,1-7H3,(H2,34,35,41)(H3,29,31,32,33)/t17?,19?,20?,21-,23-,46?/m1/s1. The van der Waals surface area contributed by atoms with Crippen LogP contribution in [0.25, 0.3) is 11.2 Å². The van der Waals surface area contributed by atoms with E-state index in [9.17, 15) is 24.4 Å². The van der Waals surface area contributed by atoms with E-state index in [0.717, 1.165) is 12.8 Å². The number of fused-ring (bicyclic) bond motifs is 1. The fraction of sp³-hybridized carbons (Fsp3) is 0.750. The maximum Gasteiger partial charge on any atom is 0.342 e. The van der Waals surface area contributed by atoms with Crippen LogP contribution in [0.1, 0.15) is 60.3 Å². The van der Waals surface area contributed by atoms with Gasteiger partial charge in [-0.05, 0) is 44.4 Å². The number of hydrogen-bond donors (Lipinski definition) is 6. The van der Waals surface area contributed by atoms with Crippen molar-refractivity contribution in [2.75, 3.05) is 31.9 Å². The van der Waals surface area contributed by atoms with E-state index >= 15 is 0 Å². The molecule has 1 aliphatic rings. The van der Waals surface area contributed by atoms with Crippen molar-refractivity contribution < 1.29 is 43.1 Å². The third kappa shape index (κ3) is 10.8. The molecular weight excluding hydrogens is 623 g/mol. The summed E-state index contributed by atoms with van der Waals surface area (Å²) in [4.78, 5) is 38.2. The van der Waals surface area contributed by atoms with Gasteiger partial charge >= 0.3 is 19.6 Å². The van der Waals surface area contributed by atoms with E-state index in [0.29, 0.717) is 17.0 Å². The highest BCUT2D eigenvalue weighted by atomic mass is 31.2. The van der Waals surface area contributed by atoms with Crippen LogP contribution in [0.4, 0.5) is 11.8 Å². The van der Waals surface area contributed by atoms with Crippen LogP contribution in [0, 0.1) is 11.8 Å². The molecule has 0 saturated heterocycles. The molecule has 1 fully saturated rings. The van der Waals surface area contributed by atoms with Crippen LogP contribution in [0.3, 0.4) is 0 Å². The molecule has 1 aliphatic carbocycles. The van der Waals surface area contributed by atoms with E-state index in [2.05, 4.69) is 30.4 Å². The first-order chi connectivity index (χ1) is 21.7. The summed E-state index contributed by atoms with van der Waals surface area (Å²) < 4.78 is 37.6. The third-order valence-corrected chi connectivity index (χ3v) is 8.98. The topological polar surface area (TPSA) is 234 Å². The molecule has 0 spiro atoms. The molecule has 0 aromatic carbocycles. The predicted molar refractivity (Wildman–Crippen MR) is 169 cm³/mol. The zero-order valence-corrected chi connectivity index (χ0v) is 28.4. The molecule has 0 radical (unpaired) electrons. The Labute approximate surface area is 268 Å². The smallest absolute Gasteiger partial charge is 0.342 e. The number of imidazole rings is 1. The Morgan fingerprint density at radius 2 is 1.59 bits per heavy atom. The quantitative estimate of drug-likeness (QED) is 0.0864. The minimum Gasteiger partial charge on any atom is -0.468 e. The monoisotopic (exact) mass is 672 g/mol. The SMILES string of the molecule is COC(=O)C(CC(C)C)NP(=O)(NC(CC(C)C)C(=O)OC)OC[C@@H](OCn1cnc2c(NC3CC3)nc(N)nc21)[C@H](O)C(C)O. The summed E-state index contributed by atoms with van der Waals surface area (Å²) in [7, 11) is -1.87. The summed E-state index contributed by atoms with van der Waals surface area (Å²) in [5.41, 5.74) is 6.79. The minimum absolute atomic E-state index is 0.00639. The second-order valence-electron chi connectivity index (χ2n) is 12.3. The van der Waals surface area contributed by atoms with Gasteiger partial charge in [-0.3, -0.25) is 18.7 Å². The summed E-state index contributed by atoms with van der Waals surface area (Å²) in [6.07, 6.45) is -0.0438. The first-order valence-electron chi connectivity index (χ1n) is 15.3. The van der Waals surface area contributed by atoms with E-state index in [4.69, 9.17) is 24.5 Å². The number of anilines is 2. The number of rotatable bonds is 20. The number of carbonyl (C=O) groups excluding carboxylic acids is 2. The molecule has 5 atom stereocenters. The fourth-order valence-corrected chi connectivity index (χ4v) is 6.46. The zero-order valence-electron chi connectivity index (χ0n) is 27.5. The van der Waals surface area contributed by atoms with Crippen molar-refractivity contribution >= 4 is 42.5 Å². The lowest BCUT2D eigenvalue weighted by atomic mass is 10.1. The second kappa shape index (κ2) is 16.8. The first-order valence-corrected chi connectivity index (χ1v) is 17.0. The summed E-state index contributed by atoms with van der Waals surface area (Å²) in [6.45, 7) is 8.11. The molecule has 0 bridgehead atoms. The molecular formula is C28H49N8O9P. The highest BCUT2D eigenvalue weighted by Crippen LogP contribution is 2.41. The number of carbonyl (C=O) groups is 2. The van der Waals surface area contributed by atoms with Gasteiger partial charge in [-0.15, -0.1) is 0 Å². The average Bonchev–Trinajstić information content (AvgIpc) is 3.71. The van der Waals surface area contributed by atoms with Crippen molar-refractivity contribution in [1.82, 2.24) is 29.7 Å². The molecule has 1 saturated carbocycles. The maximum absolute atomic E-state index is 14.4. The number of nitrogens with one attached hydrogen (secondary N) is 3. The van der Waals surface area contributed by atoms with Gasteiger partial charge in [-0.25, -0.2) is 15.2 Å². The number of aliphatic hydroxyl groups excluding tert-OH is 2. The number of ether oxygens (including phenoxy) is 3. The number of aromatic nitrogens is 4. The van der Waals surface area contributed by atoms with Crippen molar-refractivity contribution in [3.63, 3.8) is 0 Å². The lowest BCUT2D eigenvalue weighted by molar-refractivity contribution is -0.143. The first kappa shape index (κ1) is 37.5. The van der Waals surface area contributed by atoms with Crippen LogP contribution < -0.4 is 21.2 Å². The lowest BCUT2D eigenvalue weighted by Crippen LogP contribution is -2.46. The minimum atomic E-state index is -4.28. The van der Waals surface area contributed by atoms with Gasteiger partial charge in [0.05, 0.1) is 33.3 Å². The van der Waals surface area contributed by atoms with Crippen molar-refractivity contribution in [3.05, 3.63) is 6.33 Å². The molecule has 17 nitrogen and oxygen atoms in total. The molecule has 46 heavy (non-hydrogen) atoms. The van der Waals surface area contributed by atoms with Crippen molar-refractivity contribution in [1.29, 1.82) is 0 Å². The normalized spacial score (nSPS) is 18.2. The number of nitrogens with two attached hydrogens (primary N) is 1. The van der Waals surface area contributed by atoms with Crippen LogP contribution in [-0.2, 0) is 39.6 Å². The van der Waals surface area contributed by atoms with Crippen LogP contribution in [0.5, 0.6) is 0 Å². The Morgan fingerprint density at radius 1 is 1.02 bits per heavy atom. The van der Waals surface area contributed by atoms with Gasteiger partial charge in [-0.1, -0.05) is 27.7 Å².